The van der Waals surface area contributed by atoms with E-state index in [0.717, 1.165) is 11.1 Å². The van der Waals surface area contributed by atoms with Gasteiger partial charge in [-0.05, 0) is 47.9 Å². The first-order valence-electron chi connectivity index (χ1n) is 9.31. The summed E-state index contributed by atoms with van der Waals surface area (Å²) in [6.07, 6.45) is 0.633. The molecule has 1 amide bonds. The number of halogens is 1. The van der Waals surface area contributed by atoms with Crippen molar-refractivity contribution in [3.63, 3.8) is 0 Å². The van der Waals surface area contributed by atoms with E-state index < -0.39 is 15.9 Å². The number of carbonyl (C=O) groups excluding carboxylic acids is 1. The zero-order chi connectivity index (χ0) is 21.3. The Bertz CT molecular complexity index is 1230. The molecule has 0 aliphatic carbocycles. The molecule has 0 aromatic heterocycles. The molecule has 4 rings (SSSR count). The minimum absolute atomic E-state index is 0.000560. The minimum atomic E-state index is -3.80. The number of nitrogens with one attached hydrogen (secondary N) is 1. The van der Waals surface area contributed by atoms with Gasteiger partial charge in [0.05, 0.1) is 15.5 Å². The third kappa shape index (κ3) is 4.05. The Kier molecular flexibility index (Phi) is 5.51. The van der Waals surface area contributed by atoms with Gasteiger partial charge in [-0.1, -0.05) is 41.9 Å². The van der Waals surface area contributed by atoms with Gasteiger partial charge in [-0.15, -0.1) is 0 Å². The molecule has 0 spiro atoms. The number of anilines is 1. The summed E-state index contributed by atoms with van der Waals surface area (Å²) in [5.41, 5.74) is 2.53. The van der Waals surface area contributed by atoms with E-state index in [9.17, 15) is 18.3 Å². The second kappa shape index (κ2) is 8.10. The molecule has 8 heteroatoms. The maximum Gasteiger partial charge on any atom is 0.257 e. The third-order valence-corrected chi connectivity index (χ3v) is 7.19. The van der Waals surface area contributed by atoms with Crippen molar-refractivity contribution >= 4 is 33.2 Å². The Labute approximate surface area is 179 Å². The number of nitrogens with zero attached hydrogens (tertiary/aromatic N) is 1. The molecule has 2 N–H and O–H groups in total. The Hall–Kier alpha value is -2.87. The summed E-state index contributed by atoms with van der Waals surface area (Å²) in [5, 5.41) is 12.3. The molecule has 0 saturated heterocycles. The zero-order valence-electron chi connectivity index (χ0n) is 15.9. The van der Waals surface area contributed by atoms with Gasteiger partial charge in [-0.3, -0.25) is 4.79 Å². The summed E-state index contributed by atoms with van der Waals surface area (Å²) in [4.78, 5) is 12.7. The van der Waals surface area contributed by atoms with E-state index >= 15 is 0 Å². The van der Waals surface area contributed by atoms with E-state index in [-0.39, 0.29) is 27.8 Å². The average Bonchev–Trinajstić information content (AvgIpc) is 2.73. The van der Waals surface area contributed by atoms with Gasteiger partial charge in [0, 0.05) is 24.8 Å². The number of amides is 1. The lowest BCUT2D eigenvalue weighted by atomic mass is 10.0. The molecule has 154 valence electrons. The van der Waals surface area contributed by atoms with Crippen molar-refractivity contribution in [2.45, 2.75) is 17.9 Å². The van der Waals surface area contributed by atoms with Gasteiger partial charge in [0.2, 0.25) is 10.0 Å². The van der Waals surface area contributed by atoms with Crippen LogP contribution < -0.4 is 5.32 Å². The summed E-state index contributed by atoms with van der Waals surface area (Å²) in [6, 6.07) is 17.9. The fourth-order valence-corrected chi connectivity index (χ4v) is 5.09. The van der Waals surface area contributed by atoms with Crippen LogP contribution in [0.2, 0.25) is 5.02 Å². The van der Waals surface area contributed by atoms with E-state index in [1.165, 1.54) is 34.6 Å². The number of benzene rings is 3. The molecular weight excluding hydrogens is 424 g/mol. The van der Waals surface area contributed by atoms with Crippen LogP contribution >= 0.6 is 11.6 Å². The highest BCUT2D eigenvalue weighted by Gasteiger charge is 2.29. The van der Waals surface area contributed by atoms with Gasteiger partial charge >= 0.3 is 0 Å². The molecule has 1 heterocycles. The van der Waals surface area contributed by atoms with Crippen LogP contribution in [0, 0.1) is 0 Å². The van der Waals surface area contributed by atoms with Crippen LogP contribution in [0.25, 0.3) is 0 Å². The Morgan fingerprint density at radius 1 is 1.00 bits per heavy atom. The molecular formula is C22H19ClN2O4S. The highest BCUT2D eigenvalue weighted by Crippen LogP contribution is 2.28. The molecule has 1 aliphatic heterocycles. The normalized spacial score (nSPS) is 14.2. The number of rotatable bonds is 4. The summed E-state index contributed by atoms with van der Waals surface area (Å²) in [6.45, 7) is 0.652. The number of hydrogen-bond acceptors (Lipinski definition) is 4. The number of aromatic hydroxyl groups is 1. The Morgan fingerprint density at radius 3 is 2.53 bits per heavy atom. The predicted molar refractivity (Wildman–Crippen MR) is 115 cm³/mol. The smallest absolute Gasteiger partial charge is 0.257 e. The number of hydrogen-bond donors (Lipinski definition) is 2. The number of sulfonamides is 1. The van der Waals surface area contributed by atoms with Gasteiger partial charge < -0.3 is 10.4 Å². The first-order chi connectivity index (χ1) is 14.3. The third-order valence-electron chi connectivity index (χ3n) is 5.02. The van der Waals surface area contributed by atoms with Crippen LogP contribution in [-0.4, -0.2) is 30.3 Å². The van der Waals surface area contributed by atoms with Gasteiger partial charge in [0.15, 0.2) is 0 Å². The van der Waals surface area contributed by atoms with Gasteiger partial charge in [-0.2, -0.15) is 4.31 Å². The Morgan fingerprint density at radius 2 is 1.77 bits per heavy atom. The van der Waals surface area contributed by atoms with E-state index in [2.05, 4.69) is 5.32 Å². The summed E-state index contributed by atoms with van der Waals surface area (Å²) in [7, 11) is -3.80. The molecule has 0 atom stereocenters. The SMILES string of the molecule is O=C(Nc1cccc(O)c1)c1cc(S(=O)(=O)N2CCc3ccccc3C2)ccc1Cl. The van der Waals surface area contributed by atoms with Crippen LogP contribution in [0.15, 0.2) is 71.6 Å². The maximum absolute atomic E-state index is 13.2. The van der Waals surface area contributed by atoms with E-state index in [4.69, 9.17) is 11.6 Å². The molecule has 3 aromatic carbocycles. The van der Waals surface area contributed by atoms with Crippen LogP contribution in [-0.2, 0) is 23.0 Å². The monoisotopic (exact) mass is 442 g/mol. The van der Waals surface area contributed by atoms with Crippen molar-refractivity contribution in [2.24, 2.45) is 0 Å². The lowest BCUT2D eigenvalue weighted by Crippen LogP contribution is -2.36. The number of fused-ring (bicyclic) bond motifs is 1. The fraction of sp³-hybridized carbons (Fsp3) is 0.136. The van der Waals surface area contributed by atoms with E-state index in [1.807, 2.05) is 24.3 Å². The summed E-state index contributed by atoms with van der Waals surface area (Å²) >= 11 is 6.17. The molecule has 1 aliphatic rings. The van der Waals surface area contributed by atoms with Gasteiger partial charge in [-0.25, -0.2) is 8.42 Å². The van der Waals surface area contributed by atoms with Crippen molar-refractivity contribution in [3.8, 4) is 5.75 Å². The average molecular weight is 443 g/mol. The minimum Gasteiger partial charge on any atom is -0.508 e. The van der Waals surface area contributed by atoms with Crippen molar-refractivity contribution in [3.05, 3.63) is 88.4 Å². The van der Waals surface area contributed by atoms with E-state index in [0.29, 0.717) is 18.7 Å². The maximum atomic E-state index is 13.2. The number of phenolic OH excluding ortho intramolecular Hbond substituents is 1. The first kappa shape index (κ1) is 20.4. The molecule has 0 unspecified atom stereocenters. The summed E-state index contributed by atoms with van der Waals surface area (Å²) < 4.78 is 27.8. The van der Waals surface area contributed by atoms with Crippen LogP contribution in [0.4, 0.5) is 5.69 Å². The molecule has 0 saturated carbocycles. The standard InChI is InChI=1S/C22H19ClN2O4S/c23-21-9-8-19(13-20(21)22(27)24-17-6-3-7-18(26)12-17)30(28,29)25-11-10-15-4-1-2-5-16(15)14-25/h1-9,12-13,26H,10-11,14H2,(H,24,27). The molecule has 0 bridgehead atoms. The molecule has 0 radical (unpaired) electrons. The van der Waals surface area contributed by atoms with Crippen LogP contribution in [0.1, 0.15) is 21.5 Å². The molecule has 6 nitrogen and oxygen atoms in total. The lowest BCUT2D eigenvalue weighted by Gasteiger charge is -2.28. The van der Waals surface area contributed by atoms with Gasteiger partial charge in [0.1, 0.15) is 5.75 Å². The molecule has 0 fully saturated rings. The first-order valence-corrected chi connectivity index (χ1v) is 11.1. The molecule has 30 heavy (non-hydrogen) atoms. The van der Waals surface area contributed by atoms with Gasteiger partial charge in [0.25, 0.3) is 5.91 Å². The predicted octanol–water partition coefficient (Wildman–Crippen LogP) is 4.04. The van der Waals surface area contributed by atoms with Crippen molar-refractivity contribution < 1.29 is 18.3 Å². The quantitative estimate of drug-likeness (QED) is 0.638. The molecule has 3 aromatic rings. The van der Waals surface area contributed by atoms with Crippen LogP contribution in [0.3, 0.4) is 0 Å². The summed E-state index contributed by atoms with van der Waals surface area (Å²) in [5.74, 6) is -0.563. The lowest BCUT2D eigenvalue weighted by molar-refractivity contribution is 0.102. The van der Waals surface area contributed by atoms with Crippen molar-refractivity contribution in [2.75, 3.05) is 11.9 Å². The van der Waals surface area contributed by atoms with Crippen molar-refractivity contribution in [1.82, 2.24) is 4.31 Å². The zero-order valence-corrected chi connectivity index (χ0v) is 17.4. The topological polar surface area (TPSA) is 86.7 Å². The highest BCUT2D eigenvalue weighted by atomic mass is 35.5. The van der Waals surface area contributed by atoms with Crippen molar-refractivity contribution in [1.29, 1.82) is 0 Å². The largest absolute Gasteiger partial charge is 0.508 e. The van der Waals surface area contributed by atoms with E-state index in [1.54, 1.807) is 12.1 Å². The second-order valence-electron chi connectivity index (χ2n) is 7.00. The number of phenols is 1. The second-order valence-corrected chi connectivity index (χ2v) is 9.35. The Balaban J connectivity index is 1.61. The highest BCUT2D eigenvalue weighted by molar-refractivity contribution is 7.89. The fourth-order valence-electron chi connectivity index (χ4n) is 3.45. The van der Waals surface area contributed by atoms with Crippen LogP contribution in [0.5, 0.6) is 5.75 Å². The number of carbonyl (C=O) groups is 1.